The number of fused-ring (bicyclic) bond motifs is 1. The van der Waals surface area contributed by atoms with Crippen LogP contribution in [-0.2, 0) is 0 Å². The monoisotopic (exact) mass is 364 g/mol. The molecular weight excluding hydrogens is 342 g/mol. The van der Waals surface area contributed by atoms with Gasteiger partial charge < -0.3 is 0 Å². The molecule has 0 spiro atoms. The average Bonchev–Trinajstić information content (AvgIpc) is 2.75. The third kappa shape index (κ3) is 3.17. The number of hydrogen-bond donors (Lipinski definition) is 0. The van der Waals surface area contributed by atoms with E-state index in [9.17, 15) is 22.0 Å². The molecule has 3 rings (SSSR count). The fourth-order valence-corrected chi connectivity index (χ4v) is 4.69. The van der Waals surface area contributed by atoms with Gasteiger partial charge in [-0.15, -0.1) is 0 Å². The van der Waals surface area contributed by atoms with E-state index < -0.39 is 47.3 Å². The van der Waals surface area contributed by atoms with E-state index >= 15 is 4.39 Å². The highest BCUT2D eigenvalue weighted by Crippen LogP contribution is 2.56. The molecule has 0 saturated heterocycles. The van der Waals surface area contributed by atoms with Gasteiger partial charge in [-0.3, -0.25) is 0 Å². The Morgan fingerprint density at radius 3 is 2.32 bits per heavy atom. The van der Waals surface area contributed by atoms with Gasteiger partial charge in [-0.25, -0.2) is 26.3 Å². The maximum Gasteiger partial charge on any atom is 0.194 e. The molecule has 2 aliphatic rings. The Labute approximate surface area is 143 Å². The van der Waals surface area contributed by atoms with Gasteiger partial charge in [-0.1, -0.05) is 19.8 Å². The second-order valence-corrected chi connectivity index (χ2v) is 7.52. The molecule has 6 unspecified atom stereocenters. The normalized spacial score (nSPS) is 38.4. The molecular formula is C19H22F6. The Hall–Kier alpha value is -1.20. The van der Waals surface area contributed by atoms with Gasteiger partial charge in [-0.05, 0) is 49.3 Å². The first kappa shape index (κ1) is 18.6. The Morgan fingerprint density at radius 2 is 1.72 bits per heavy atom. The largest absolute Gasteiger partial charge is 0.247 e. The fraction of sp³-hybridized carbons (Fsp3) is 0.684. The van der Waals surface area contributed by atoms with Crippen molar-refractivity contribution in [2.45, 2.75) is 69.4 Å². The van der Waals surface area contributed by atoms with Gasteiger partial charge in [0, 0.05) is 11.8 Å². The van der Waals surface area contributed by atoms with E-state index in [0.29, 0.717) is 18.6 Å². The fourth-order valence-electron chi connectivity index (χ4n) is 4.69. The van der Waals surface area contributed by atoms with Crippen molar-refractivity contribution in [3.8, 4) is 0 Å². The van der Waals surface area contributed by atoms with Crippen LogP contribution in [0.3, 0.4) is 0 Å². The van der Waals surface area contributed by atoms with Crippen LogP contribution in [0.2, 0.25) is 0 Å². The predicted molar refractivity (Wildman–Crippen MR) is 83.0 cm³/mol. The number of hydrogen-bond acceptors (Lipinski definition) is 0. The molecule has 2 aliphatic carbocycles. The molecule has 0 N–H and O–H groups in total. The van der Waals surface area contributed by atoms with Crippen LogP contribution in [0.5, 0.6) is 0 Å². The van der Waals surface area contributed by atoms with Gasteiger partial charge in [0.05, 0.1) is 0 Å². The number of benzene rings is 1. The van der Waals surface area contributed by atoms with Crippen LogP contribution in [-0.4, -0.2) is 18.0 Å². The van der Waals surface area contributed by atoms with Gasteiger partial charge in [-0.2, -0.15) is 0 Å². The summed E-state index contributed by atoms with van der Waals surface area (Å²) in [4.78, 5) is 0. The zero-order chi connectivity index (χ0) is 18.4. The van der Waals surface area contributed by atoms with E-state index in [1.807, 2.05) is 6.92 Å². The smallest absolute Gasteiger partial charge is 0.194 e. The summed E-state index contributed by atoms with van der Waals surface area (Å²) in [5.41, 5.74) is -2.49. The van der Waals surface area contributed by atoms with Crippen LogP contribution >= 0.6 is 0 Å². The topological polar surface area (TPSA) is 0 Å². The second-order valence-electron chi connectivity index (χ2n) is 7.52. The highest BCUT2D eigenvalue weighted by molar-refractivity contribution is 5.28. The summed E-state index contributed by atoms with van der Waals surface area (Å²) in [7, 11) is 0. The first-order valence-corrected chi connectivity index (χ1v) is 8.89. The first-order chi connectivity index (χ1) is 11.8. The number of halogens is 6. The van der Waals surface area contributed by atoms with E-state index in [1.54, 1.807) is 0 Å². The summed E-state index contributed by atoms with van der Waals surface area (Å²) in [6.07, 6.45) is -1.57. The summed E-state index contributed by atoms with van der Waals surface area (Å²) in [6.45, 7) is 1.97. The second kappa shape index (κ2) is 6.84. The van der Waals surface area contributed by atoms with Crippen molar-refractivity contribution in [1.29, 1.82) is 0 Å². The van der Waals surface area contributed by atoms with Crippen LogP contribution < -0.4 is 0 Å². The van der Waals surface area contributed by atoms with Crippen LogP contribution in [0, 0.1) is 29.3 Å². The molecule has 140 valence electrons. The van der Waals surface area contributed by atoms with Crippen LogP contribution in [0.4, 0.5) is 26.3 Å². The van der Waals surface area contributed by atoms with Gasteiger partial charge in [0.15, 0.2) is 17.5 Å². The molecule has 1 aromatic rings. The molecule has 0 bridgehead atoms. The van der Waals surface area contributed by atoms with Crippen molar-refractivity contribution in [3.05, 3.63) is 35.1 Å². The maximum atomic E-state index is 15.4. The predicted octanol–water partition coefficient (Wildman–Crippen LogP) is 6.19. The number of rotatable bonds is 3. The lowest BCUT2D eigenvalue weighted by Gasteiger charge is -2.29. The standard InChI is InChI=1S/C19H22F6/c1-2-3-10-4-5-19(25)13(14(20)6-10)9-12(18(19)24)11-7-15(21)17(23)16(22)8-11/h7-8,10,12-14,18H,2-6,9H2,1H3. The third-order valence-electron chi connectivity index (χ3n) is 6.00. The van der Waals surface area contributed by atoms with E-state index in [0.717, 1.165) is 12.8 Å². The van der Waals surface area contributed by atoms with Gasteiger partial charge >= 0.3 is 0 Å². The molecule has 0 radical (unpaired) electrons. The Balaban J connectivity index is 1.89. The van der Waals surface area contributed by atoms with E-state index in [4.69, 9.17) is 0 Å². The molecule has 2 fully saturated rings. The molecule has 0 nitrogen and oxygen atoms in total. The van der Waals surface area contributed by atoms with Gasteiger partial charge in [0.1, 0.15) is 18.0 Å². The summed E-state index contributed by atoms with van der Waals surface area (Å²) in [5.74, 6) is -6.80. The summed E-state index contributed by atoms with van der Waals surface area (Å²) < 4.78 is 85.1. The maximum absolute atomic E-state index is 15.4. The molecule has 6 atom stereocenters. The van der Waals surface area contributed by atoms with Crippen molar-refractivity contribution in [2.75, 3.05) is 0 Å². The summed E-state index contributed by atoms with van der Waals surface area (Å²) in [5, 5.41) is 0. The van der Waals surface area contributed by atoms with Crippen molar-refractivity contribution in [1.82, 2.24) is 0 Å². The SMILES string of the molecule is CCCC1CCC2(F)C(F)C(c3cc(F)c(F)c(F)c3)CC2C(F)C1. The molecule has 0 aromatic heterocycles. The average molecular weight is 364 g/mol. The molecule has 6 heteroatoms. The van der Waals surface area contributed by atoms with Gasteiger partial charge in [0.2, 0.25) is 0 Å². The molecule has 2 saturated carbocycles. The number of alkyl halides is 3. The minimum Gasteiger partial charge on any atom is -0.247 e. The minimum atomic E-state index is -2.34. The minimum absolute atomic E-state index is 0.0320. The molecule has 0 amide bonds. The zero-order valence-corrected chi connectivity index (χ0v) is 14.1. The molecule has 0 heterocycles. The highest BCUT2D eigenvalue weighted by Gasteiger charge is 2.60. The van der Waals surface area contributed by atoms with E-state index in [1.165, 1.54) is 0 Å². The zero-order valence-electron chi connectivity index (χ0n) is 14.1. The quantitative estimate of drug-likeness (QED) is 0.443. The van der Waals surface area contributed by atoms with Crippen LogP contribution in [0.25, 0.3) is 0 Å². The highest BCUT2D eigenvalue weighted by atomic mass is 19.2. The lowest BCUT2D eigenvalue weighted by atomic mass is 9.86. The van der Waals surface area contributed by atoms with E-state index in [2.05, 4.69) is 0 Å². The van der Waals surface area contributed by atoms with Crippen molar-refractivity contribution in [3.63, 3.8) is 0 Å². The summed E-state index contributed by atoms with van der Waals surface area (Å²) in [6, 6.07) is 1.38. The first-order valence-electron chi connectivity index (χ1n) is 8.89. The lowest BCUT2D eigenvalue weighted by molar-refractivity contribution is 0.00250. The molecule has 25 heavy (non-hydrogen) atoms. The lowest BCUT2D eigenvalue weighted by Crippen LogP contribution is -2.40. The van der Waals surface area contributed by atoms with Crippen LogP contribution in [0.1, 0.15) is 56.9 Å². The molecule has 0 aliphatic heterocycles. The summed E-state index contributed by atoms with van der Waals surface area (Å²) >= 11 is 0. The Kier molecular flexibility index (Phi) is 5.09. The Morgan fingerprint density at radius 1 is 1.08 bits per heavy atom. The van der Waals surface area contributed by atoms with E-state index in [-0.39, 0.29) is 30.7 Å². The van der Waals surface area contributed by atoms with Crippen LogP contribution in [0.15, 0.2) is 12.1 Å². The van der Waals surface area contributed by atoms with Crippen molar-refractivity contribution < 1.29 is 26.3 Å². The third-order valence-corrected chi connectivity index (χ3v) is 6.00. The van der Waals surface area contributed by atoms with Gasteiger partial charge in [0.25, 0.3) is 0 Å². The van der Waals surface area contributed by atoms with Crippen molar-refractivity contribution >= 4 is 0 Å². The Bertz CT molecular complexity index is 609. The van der Waals surface area contributed by atoms with Crippen molar-refractivity contribution in [2.24, 2.45) is 11.8 Å². The molecule has 1 aromatic carbocycles.